The average Bonchev–Trinajstić information content (AvgIpc) is 2.85. The number of anilines is 1. The molecule has 0 spiro atoms. The molecule has 180 valence electrons. The van der Waals surface area contributed by atoms with Gasteiger partial charge in [-0.3, -0.25) is 18.7 Å². The number of piperazine rings is 1. The highest BCUT2D eigenvalue weighted by Gasteiger charge is 2.25. The van der Waals surface area contributed by atoms with Crippen molar-refractivity contribution in [2.75, 3.05) is 24.5 Å². The van der Waals surface area contributed by atoms with Crippen molar-refractivity contribution in [2.24, 2.45) is 0 Å². The van der Waals surface area contributed by atoms with Gasteiger partial charge in [0.05, 0.1) is 13.1 Å². The molecular weight excluding hydrogens is 442 g/mol. The van der Waals surface area contributed by atoms with Gasteiger partial charge < -0.3 is 10.2 Å². The predicted octanol–water partition coefficient (Wildman–Crippen LogP) is 2.54. The van der Waals surface area contributed by atoms with Crippen molar-refractivity contribution in [3.63, 3.8) is 0 Å². The highest BCUT2D eigenvalue weighted by Crippen LogP contribution is 2.15. The third-order valence-electron chi connectivity index (χ3n) is 5.46. The van der Waals surface area contributed by atoms with Gasteiger partial charge in [0.1, 0.15) is 17.3 Å². The Bertz CT molecular complexity index is 1240. The molecule has 1 N–H and O–H groups in total. The Hall–Kier alpha value is -3.59. The van der Waals surface area contributed by atoms with Gasteiger partial charge in [-0.25, -0.2) is 13.6 Å². The Morgan fingerprint density at radius 1 is 0.941 bits per heavy atom. The number of hydrogen-bond donors (Lipinski definition) is 1. The van der Waals surface area contributed by atoms with Crippen LogP contribution in [0.1, 0.15) is 25.0 Å². The van der Waals surface area contributed by atoms with E-state index in [0.717, 1.165) is 26.8 Å². The summed E-state index contributed by atoms with van der Waals surface area (Å²) in [6, 6.07) is 12.8. The lowest BCUT2D eigenvalue weighted by Gasteiger charge is -2.27. The van der Waals surface area contributed by atoms with Crippen LogP contribution in [0.15, 0.2) is 64.3 Å². The van der Waals surface area contributed by atoms with Crippen LogP contribution in [0.25, 0.3) is 0 Å². The van der Waals surface area contributed by atoms with E-state index in [-0.39, 0.29) is 36.8 Å². The van der Waals surface area contributed by atoms with Crippen molar-refractivity contribution in [3.8, 4) is 0 Å². The van der Waals surface area contributed by atoms with Gasteiger partial charge in [-0.2, -0.15) is 0 Å². The molecule has 1 aromatic heterocycles. The van der Waals surface area contributed by atoms with Crippen LogP contribution < -0.4 is 21.5 Å². The van der Waals surface area contributed by atoms with Gasteiger partial charge in [0.25, 0.3) is 5.56 Å². The number of halogens is 2. The second-order valence-corrected chi connectivity index (χ2v) is 7.54. The van der Waals surface area contributed by atoms with Crippen LogP contribution in [0.5, 0.6) is 0 Å². The summed E-state index contributed by atoms with van der Waals surface area (Å²) in [5.74, 6) is -1.90. The van der Waals surface area contributed by atoms with Crippen LogP contribution in [-0.2, 0) is 24.3 Å². The van der Waals surface area contributed by atoms with E-state index in [9.17, 15) is 23.2 Å². The molecule has 2 heterocycles. The molecule has 0 aliphatic carbocycles. The first-order valence-electron chi connectivity index (χ1n) is 11.3. The number of aryl methyl sites for hydroxylation is 1. The van der Waals surface area contributed by atoms with E-state index in [1.807, 2.05) is 44.2 Å². The molecular formula is C25H28F2N4O3. The zero-order valence-corrected chi connectivity index (χ0v) is 19.3. The number of nitrogens with zero attached hydrogens (tertiary/aromatic N) is 3. The molecule has 3 aromatic rings. The first-order valence-corrected chi connectivity index (χ1v) is 11.3. The molecule has 34 heavy (non-hydrogen) atoms. The number of carbonyl (C=O) groups is 1. The first kappa shape index (κ1) is 25.0. The lowest BCUT2D eigenvalue weighted by atomic mass is 10.1. The monoisotopic (exact) mass is 470 g/mol. The van der Waals surface area contributed by atoms with E-state index in [2.05, 4.69) is 5.32 Å². The Morgan fingerprint density at radius 2 is 1.62 bits per heavy atom. The number of hydrogen-bond acceptors (Lipinski definition) is 4. The van der Waals surface area contributed by atoms with Crippen molar-refractivity contribution in [1.82, 2.24) is 14.5 Å². The zero-order chi connectivity index (χ0) is 24.7. The summed E-state index contributed by atoms with van der Waals surface area (Å²) in [6.45, 7) is 4.45. The minimum atomic E-state index is -0.793. The summed E-state index contributed by atoms with van der Waals surface area (Å²) in [6.07, 6.45) is 1.63. The minimum Gasteiger partial charge on any atom is -0.307 e. The van der Waals surface area contributed by atoms with Gasteiger partial charge in [0.15, 0.2) is 0 Å². The maximum absolute atomic E-state index is 14.2. The van der Waals surface area contributed by atoms with E-state index >= 15 is 0 Å². The zero-order valence-electron chi connectivity index (χ0n) is 19.3. The molecule has 1 amide bonds. The van der Waals surface area contributed by atoms with Crippen molar-refractivity contribution in [3.05, 3.63) is 98.3 Å². The van der Waals surface area contributed by atoms with Crippen molar-refractivity contribution < 1.29 is 13.6 Å². The molecule has 9 heteroatoms. The van der Waals surface area contributed by atoms with Crippen molar-refractivity contribution in [2.45, 2.75) is 33.4 Å². The summed E-state index contributed by atoms with van der Waals surface area (Å²) in [7, 11) is 0. The molecule has 1 aliphatic heterocycles. The lowest BCUT2D eigenvalue weighted by molar-refractivity contribution is -0.118. The number of amides is 1. The normalized spacial score (nSPS) is 13.4. The molecule has 1 fully saturated rings. The van der Waals surface area contributed by atoms with Gasteiger partial charge in [0.2, 0.25) is 5.91 Å². The van der Waals surface area contributed by atoms with E-state index in [1.54, 1.807) is 0 Å². The fraction of sp³-hybridized carbons (Fsp3) is 0.320. The number of nitrogens with one attached hydrogen (secondary N) is 1. The van der Waals surface area contributed by atoms with Crippen LogP contribution in [0.2, 0.25) is 0 Å². The van der Waals surface area contributed by atoms with E-state index in [1.165, 1.54) is 17.2 Å². The van der Waals surface area contributed by atoms with Gasteiger partial charge >= 0.3 is 5.69 Å². The summed E-state index contributed by atoms with van der Waals surface area (Å²) < 4.78 is 30.6. The molecule has 0 saturated carbocycles. The maximum atomic E-state index is 14.2. The minimum absolute atomic E-state index is 0.0147. The van der Waals surface area contributed by atoms with Crippen LogP contribution in [0, 0.1) is 11.6 Å². The van der Waals surface area contributed by atoms with Gasteiger partial charge in [-0.1, -0.05) is 50.2 Å². The van der Waals surface area contributed by atoms with Gasteiger partial charge in [0, 0.05) is 31.4 Å². The molecule has 1 saturated heterocycles. The highest BCUT2D eigenvalue weighted by molar-refractivity contribution is 5.95. The second-order valence-electron chi connectivity index (χ2n) is 7.54. The second kappa shape index (κ2) is 11.5. The van der Waals surface area contributed by atoms with Crippen molar-refractivity contribution in [1.29, 1.82) is 0 Å². The smallest absolute Gasteiger partial charge is 0.307 e. The van der Waals surface area contributed by atoms with Gasteiger partial charge in [-0.05, 0) is 24.1 Å². The molecule has 1 aliphatic rings. The Morgan fingerprint density at radius 3 is 2.26 bits per heavy atom. The maximum Gasteiger partial charge on any atom is 0.331 e. The summed E-state index contributed by atoms with van der Waals surface area (Å²) >= 11 is 0. The Labute approximate surface area is 196 Å². The fourth-order valence-corrected chi connectivity index (χ4v) is 3.73. The number of rotatable bonds is 6. The average molecular weight is 471 g/mol. The third kappa shape index (κ3) is 5.48. The molecule has 4 rings (SSSR count). The summed E-state index contributed by atoms with van der Waals surface area (Å²) in [4.78, 5) is 40.0. The molecule has 2 aromatic carbocycles. The summed E-state index contributed by atoms with van der Waals surface area (Å²) in [5.41, 5.74) is -0.651. The van der Waals surface area contributed by atoms with Crippen LogP contribution >= 0.6 is 0 Å². The third-order valence-corrected chi connectivity index (χ3v) is 5.46. The lowest BCUT2D eigenvalue weighted by Crippen LogP contribution is -2.52. The molecule has 7 nitrogen and oxygen atoms in total. The topological polar surface area (TPSA) is 76.3 Å². The number of aromatic nitrogens is 2. The highest BCUT2D eigenvalue weighted by atomic mass is 19.1. The van der Waals surface area contributed by atoms with E-state index < -0.39 is 29.4 Å². The molecule has 0 bridgehead atoms. The molecule has 0 atom stereocenters. The SMILES string of the molecule is CC.O=C1CNCCN1c1cn(Cc2c(F)cccc2F)c(=O)n(CCc2ccccc2)c1=O. The largest absolute Gasteiger partial charge is 0.331 e. The van der Waals surface area contributed by atoms with Gasteiger partial charge in [-0.15, -0.1) is 0 Å². The molecule has 0 radical (unpaired) electrons. The number of benzene rings is 2. The quantitative estimate of drug-likeness (QED) is 0.601. The Kier molecular flexibility index (Phi) is 8.48. The standard InChI is InChI=1S/C23H22F2N4O3.C2H6/c24-18-7-4-8-19(25)17(18)14-27-15-20(28-12-10-26-13-21(28)30)22(31)29(23(27)32)11-9-16-5-2-1-3-6-16;1-2/h1-8,15,26H,9-14H2;1-2H3. The van der Waals surface area contributed by atoms with Crippen LogP contribution in [0.3, 0.4) is 0 Å². The van der Waals surface area contributed by atoms with Crippen LogP contribution in [0.4, 0.5) is 14.5 Å². The Balaban J connectivity index is 0.00000158. The van der Waals surface area contributed by atoms with Crippen molar-refractivity contribution >= 4 is 11.6 Å². The molecule has 0 unspecified atom stereocenters. The fourth-order valence-electron chi connectivity index (χ4n) is 3.73. The van der Waals surface area contributed by atoms with Crippen LogP contribution in [-0.4, -0.2) is 34.7 Å². The first-order chi connectivity index (χ1) is 16.5. The number of carbonyl (C=O) groups excluding carboxylic acids is 1. The predicted molar refractivity (Wildman–Crippen MR) is 127 cm³/mol. The van der Waals surface area contributed by atoms with E-state index in [4.69, 9.17) is 0 Å². The van der Waals surface area contributed by atoms with E-state index in [0.29, 0.717) is 13.0 Å². The summed E-state index contributed by atoms with van der Waals surface area (Å²) in [5, 5.41) is 2.93.